The van der Waals surface area contributed by atoms with E-state index in [1.54, 1.807) is 0 Å². The summed E-state index contributed by atoms with van der Waals surface area (Å²) in [4.78, 5) is 0. The van der Waals surface area contributed by atoms with Crippen molar-refractivity contribution in [1.29, 1.82) is 0 Å². The third-order valence-electron chi connectivity index (χ3n) is 3.63. The molecule has 104 valence electrons. The first kappa shape index (κ1) is 13.3. The Morgan fingerprint density at radius 2 is 2.10 bits per heavy atom. The van der Waals surface area contributed by atoms with Gasteiger partial charge in [-0.3, -0.25) is 0 Å². The largest absolute Gasteiger partial charge is 0.490 e. The average molecular weight is 288 g/mol. The van der Waals surface area contributed by atoms with E-state index in [2.05, 4.69) is 36.5 Å². The molecular formula is C17H18ClNO. The van der Waals surface area contributed by atoms with E-state index in [1.165, 1.54) is 11.1 Å². The third kappa shape index (κ3) is 2.75. The Bertz CT molecular complexity index is 639. The van der Waals surface area contributed by atoms with Gasteiger partial charge >= 0.3 is 0 Å². The second kappa shape index (κ2) is 5.37. The first-order valence-corrected chi connectivity index (χ1v) is 7.28. The molecule has 0 fully saturated rings. The molecule has 0 aliphatic carbocycles. The van der Waals surface area contributed by atoms with Gasteiger partial charge in [-0.25, -0.2) is 0 Å². The third-order valence-corrected chi connectivity index (χ3v) is 4.04. The predicted octanol–water partition coefficient (Wildman–Crippen LogP) is 4.58. The minimum absolute atomic E-state index is 0.295. The molecule has 2 aromatic carbocycles. The van der Waals surface area contributed by atoms with E-state index < -0.39 is 0 Å². The molecule has 20 heavy (non-hydrogen) atoms. The highest BCUT2D eigenvalue weighted by Gasteiger charge is 2.18. The van der Waals surface area contributed by atoms with Crippen molar-refractivity contribution in [2.45, 2.75) is 32.9 Å². The van der Waals surface area contributed by atoms with E-state index in [0.717, 1.165) is 35.0 Å². The van der Waals surface area contributed by atoms with Crippen LogP contribution in [0.15, 0.2) is 36.4 Å². The fourth-order valence-corrected chi connectivity index (χ4v) is 2.67. The molecule has 1 aliphatic rings. The number of hydrogen-bond acceptors (Lipinski definition) is 2. The minimum atomic E-state index is 0.295. The molecule has 0 unspecified atom stereocenters. The molecule has 0 radical (unpaired) electrons. The molecule has 1 heterocycles. The molecule has 0 bridgehead atoms. The summed E-state index contributed by atoms with van der Waals surface area (Å²) < 4.78 is 5.72. The Labute approximate surface area is 124 Å². The van der Waals surface area contributed by atoms with Gasteiger partial charge in [-0.2, -0.15) is 0 Å². The van der Waals surface area contributed by atoms with Crippen LogP contribution in [0.2, 0.25) is 5.02 Å². The molecule has 0 spiro atoms. The molecule has 3 rings (SSSR count). The van der Waals surface area contributed by atoms with Crippen LogP contribution < -0.4 is 10.1 Å². The number of ether oxygens (including phenoxy) is 1. The second-order valence-corrected chi connectivity index (χ2v) is 5.80. The molecule has 0 saturated heterocycles. The molecule has 1 aliphatic heterocycles. The summed E-state index contributed by atoms with van der Waals surface area (Å²) in [5, 5.41) is 4.20. The van der Waals surface area contributed by atoms with E-state index in [9.17, 15) is 0 Å². The van der Waals surface area contributed by atoms with Gasteiger partial charge in [0, 0.05) is 23.7 Å². The maximum absolute atomic E-state index is 6.13. The highest BCUT2D eigenvalue weighted by Crippen LogP contribution is 2.29. The van der Waals surface area contributed by atoms with Crippen LogP contribution in [0.5, 0.6) is 5.75 Å². The highest BCUT2D eigenvalue weighted by molar-refractivity contribution is 6.31. The number of aryl methyl sites for hydroxylation is 1. The Balaban J connectivity index is 1.70. The summed E-state index contributed by atoms with van der Waals surface area (Å²) >= 11 is 6.13. The molecule has 0 aromatic heterocycles. The number of benzene rings is 2. The van der Waals surface area contributed by atoms with E-state index in [1.807, 2.05) is 19.1 Å². The molecule has 3 heteroatoms. The molecule has 1 N–H and O–H groups in total. The summed E-state index contributed by atoms with van der Waals surface area (Å²) in [7, 11) is 0. The van der Waals surface area contributed by atoms with Gasteiger partial charge in [0.15, 0.2) is 0 Å². The Kier molecular flexibility index (Phi) is 3.58. The number of rotatable bonds is 3. The zero-order valence-electron chi connectivity index (χ0n) is 11.7. The second-order valence-electron chi connectivity index (χ2n) is 5.39. The lowest BCUT2D eigenvalue weighted by atomic mass is 10.1. The van der Waals surface area contributed by atoms with Crippen molar-refractivity contribution in [3.8, 4) is 5.75 Å². The Hall–Kier alpha value is -1.67. The van der Waals surface area contributed by atoms with Crippen molar-refractivity contribution < 1.29 is 4.74 Å². The van der Waals surface area contributed by atoms with Gasteiger partial charge in [-0.05, 0) is 48.7 Å². The topological polar surface area (TPSA) is 21.3 Å². The maximum Gasteiger partial charge on any atom is 0.123 e. The molecule has 2 aromatic rings. The smallest absolute Gasteiger partial charge is 0.123 e. The van der Waals surface area contributed by atoms with Gasteiger partial charge in [0.05, 0.1) is 0 Å². The van der Waals surface area contributed by atoms with E-state index in [4.69, 9.17) is 16.3 Å². The fourth-order valence-electron chi connectivity index (χ4n) is 2.49. The zero-order valence-corrected chi connectivity index (χ0v) is 12.5. The van der Waals surface area contributed by atoms with Crippen LogP contribution in [0.25, 0.3) is 0 Å². The normalized spacial score (nSPS) is 16.6. The van der Waals surface area contributed by atoms with Crippen LogP contribution >= 0.6 is 11.6 Å². The van der Waals surface area contributed by atoms with Crippen molar-refractivity contribution in [3.05, 3.63) is 58.1 Å². The van der Waals surface area contributed by atoms with Gasteiger partial charge in [0.1, 0.15) is 11.9 Å². The van der Waals surface area contributed by atoms with Crippen molar-refractivity contribution in [2.75, 3.05) is 5.32 Å². The number of anilines is 1. The number of fused-ring (bicyclic) bond motifs is 1. The van der Waals surface area contributed by atoms with Crippen LogP contribution in [0.1, 0.15) is 23.6 Å². The van der Waals surface area contributed by atoms with Crippen LogP contribution in [0.3, 0.4) is 0 Å². The lowest BCUT2D eigenvalue weighted by molar-refractivity contribution is 0.254. The van der Waals surface area contributed by atoms with Gasteiger partial charge in [-0.1, -0.05) is 29.8 Å². The van der Waals surface area contributed by atoms with Crippen LogP contribution in [-0.4, -0.2) is 6.10 Å². The summed E-state index contributed by atoms with van der Waals surface area (Å²) in [6.45, 7) is 4.90. The lowest BCUT2D eigenvalue weighted by Gasteiger charge is -2.09. The molecule has 0 saturated carbocycles. The summed E-state index contributed by atoms with van der Waals surface area (Å²) in [5.41, 5.74) is 4.71. The number of nitrogens with one attached hydrogen (secondary N) is 1. The van der Waals surface area contributed by atoms with E-state index >= 15 is 0 Å². The lowest BCUT2D eigenvalue weighted by Crippen LogP contribution is -2.05. The summed E-state index contributed by atoms with van der Waals surface area (Å²) in [6, 6.07) is 12.5. The minimum Gasteiger partial charge on any atom is -0.490 e. The van der Waals surface area contributed by atoms with E-state index in [0.29, 0.717) is 6.10 Å². The monoisotopic (exact) mass is 287 g/mol. The fraction of sp³-hybridized carbons (Fsp3) is 0.294. The first-order valence-electron chi connectivity index (χ1n) is 6.90. The highest BCUT2D eigenvalue weighted by atomic mass is 35.5. The van der Waals surface area contributed by atoms with Crippen molar-refractivity contribution >= 4 is 17.3 Å². The molecule has 1 atom stereocenters. The number of hydrogen-bond donors (Lipinski definition) is 1. The van der Waals surface area contributed by atoms with Gasteiger partial charge in [0.25, 0.3) is 0 Å². The van der Waals surface area contributed by atoms with Gasteiger partial charge in [0.2, 0.25) is 0 Å². The van der Waals surface area contributed by atoms with Crippen LogP contribution in [-0.2, 0) is 13.0 Å². The Morgan fingerprint density at radius 3 is 2.90 bits per heavy atom. The van der Waals surface area contributed by atoms with Crippen LogP contribution in [0.4, 0.5) is 5.69 Å². The van der Waals surface area contributed by atoms with Crippen LogP contribution in [0, 0.1) is 6.92 Å². The zero-order chi connectivity index (χ0) is 14.1. The van der Waals surface area contributed by atoms with Crippen molar-refractivity contribution in [3.63, 3.8) is 0 Å². The number of halogens is 1. The SMILES string of the molecule is Cc1ccc(NCc2ccc3c(c2)C[C@H](C)O3)cc1Cl. The summed E-state index contributed by atoms with van der Waals surface area (Å²) in [5.74, 6) is 1.03. The quantitative estimate of drug-likeness (QED) is 0.892. The predicted molar refractivity (Wildman–Crippen MR) is 83.8 cm³/mol. The first-order chi connectivity index (χ1) is 9.61. The standard InChI is InChI=1S/C17H18ClNO/c1-11-3-5-15(9-16(11)18)19-10-13-4-6-17-14(8-13)7-12(2)20-17/h3-6,8-9,12,19H,7,10H2,1-2H3/t12-/m0/s1. The molecule has 2 nitrogen and oxygen atoms in total. The van der Waals surface area contributed by atoms with Gasteiger partial charge in [-0.15, -0.1) is 0 Å². The maximum atomic E-state index is 6.13. The van der Waals surface area contributed by atoms with Crippen molar-refractivity contribution in [2.24, 2.45) is 0 Å². The summed E-state index contributed by atoms with van der Waals surface area (Å²) in [6.07, 6.45) is 1.30. The average Bonchev–Trinajstić information content (AvgIpc) is 2.79. The Morgan fingerprint density at radius 1 is 1.25 bits per heavy atom. The molecular weight excluding hydrogens is 270 g/mol. The van der Waals surface area contributed by atoms with Crippen molar-refractivity contribution in [1.82, 2.24) is 0 Å². The van der Waals surface area contributed by atoms with Gasteiger partial charge < -0.3 is 10.1 Å². The molecule has 0 amide bonds. The van der Waals surface area contributed by atoms with E-state index in [-0.39, 0.29) is 0 Å².